The fourth-order valence-electron chi connectivity index (χ4n) is 0.911. The topological polar surface area (TPSA) is 24.9 Å². The molecule has 0 unspecified atom stereocenters. The van der Waals surface area contributed by atoms with Crippen LogP contribution in [0.4, 0.5) is 0 Å². The van der Waals surface area contributed by atoms with Crippen LogP contribution in [0.1, 0.15) is 19.0 Å². The van der Waals surface area contributed by atoms with E-state index in [0.717, 1.165) is 24.5 Å². The molecule has 0 aliphatic carbocycles. The van der Waals surface area contributed by atoms with E-state index in [9.17, 15) is 0 Å². The third-order valence-electron chi connectivity index (χ3n) is 1.53. The molecular weight excluding hydrogens is 200 g/mol. The van der Waals surface area contributed by atoms with Crippen LogP contribution < -0.4 is 5.32 Å². The summed E-state index contributed by atoms with van der Waals surface area (Å²) in [5.41, 5.74) is 1.13. The molecule has 1 rings (SSSR count). The summed E-state index contributed by atoms with van der Waals surface area (Å²) in [6.45, 7) is 6.43. The third-order valence-corrected chi connectivity index (χ3v) is 3.67. The molecule has 1 aromatic rings. The number of hydrogen-bond acceptors (Lipinski definition) is 4. The molecule has 0 aromatic carbocycles. The van der Waals surface area contributed by atoms with Crippen molar-refractivity contribution in [2.75, 3.05) is 18.8 Å². The highest BCUT2D eigenvalue weighted by Crippen LogP contribution is 2.21. The van der Waals surface area contributed by atoms with Gasteiger partial charge in [0.2, 0.25) is 0 Å². The van der Waals surface area contributed by atoms with E-state index >= 15 is 0 Å². The van der Waals surface area contributed by atoms with Crippen molar-refractivity contribution < 1.29 is 0 Å². The lowest BCUT2D eigenvalue weighted by Gasteiger charge is -1.99. The first-order valence-electron chi connectivity index (χ1n) is 4.58. The van der Waals surface area contributed by atoms with Crippen LogP contribution in [0.5, 0.6) is 0 Å². The predicted molar refractivity (Wildman–Crippen MR) is 60.7 cm³/mol. The van der Waals surface area contributed by atoms with Crippen LogP contribution in [-0.2, 0) is 0 Å². The molecule has 1 heterocycles. The zero-order chi connectivity index (χ0) is 9.52. The smallest absolute Gasteiger partial charge is 0.150 e. The highest BCUT2D eigenvalue weighted by atomic mass is 32.2. The Morgan fingerprint density at radius 3 is 3.00 bits per heavy atom. The molecular formula is C9H16N2S2. The van der Waals surface area contributed by atoms with Crippen molar-refractivity contribution in [3.05, 3.63) is 11.1 Å². The van der Waals surface area contributed by atoms with Gasteiger partial charge in [0.1, 0.15) is 4.34 Å². The predicted octanol–water partition coefficient (Wildman–Crippen LogP) is 2.54. The minimum atomic E-state index is 1.08. The number of aromatic nitrogens is 1. The first-order chi connectivity index (χ1) is 6.33. The van der Waals surface area contributed by atoms with Gasteiger partial charge in [-0.25, -0.2) is 4.98 Å². The zero-order valence-electron chi connectivity index (χ0n) is 8.17. The number of nitrogens with one attached hydrogen (secondary N) is 1. The van der Waals surface area contributed by atoms with Crippen LogP contribution in [0.15, 0.2) is 9.72 Å². The van der Waals surface area contributed by atoms with E-state index in [2.05, 4.69) is 22.6 Å². The molecule has 0 aliphatic heterocycles. The van der Waals surface area contributed by atoms with Crippen LogP contribution in [0.2, 0.25) is 0 Å². The van der Waals surface area contributed by atoms with E-state index in [-0.39, 0.29) is 0 Å². The van der Waals surface area contributed by atoms with Gasteiger partial charge in [0, 0.05) is 23.4 Å². The van der Waals surface area contributed by atoms with E-state index in [1.54, 1.807) is 11.3 Å². The van der Waals surface area contributed by atoms with Crippen molar-refractivity contribution in [3.63, 3.8) is 0 Å². The van der Waals surface area contributed by atoms with Crippen molar-refractivity contribution in [3.8, 4) is 0 Å². The Hall–Kier alpha value is -0.0600. The van der Waals surface area contributed by atoms with Crippen LogP contribution in [0.3, 0.4) is 0 Å². The molecule has 0 fully saturated rings. The minimum Gasteiger partial charge on any atom is -0.316 e. The van der Waals surface area contributed by atoms with E-state index in [0.29, 0.717) is 0 Å². The lowest BCUT2D eigenvalue weighted by Crippen LogP contribution is -2.17. The van der Waals surface area contributed by atoms with Gasteiger partial charge in [0.25, 0.3) is 0 Å². The number of nitrogens with zero attached hydrogens (tertiary/aromatic N) is 1. The average molecular weight is 216 g/mol. The summed E-state index contributed by atoms with van der Waals surface area (Å²) >= 11 is 3.57. The highest BCUT2D eigenvalue weighted by Gasteiger charge is 1.97. The molecule has 74 valence electrons. The number of thioether (sulfide) groups is 1. The van der Waals surface area contributed by atoms with Crippen LogP contribution in [0, 0.1) is 6.92 Å². The van der Waals surface area contributed by atoms with E-state index in [4.69, 9.17) is 0 Å². The second-order valence-electron chi connectivity index (χ2n) is 2.85. The molecule has 0 spiro atoms. The van der Waals surface area contributed by atoms with Crippen molar-refractivity contribution in [2.45, 2.75) is 24.6 Å². The quantitative estimate of drug-likeness (QED) is 0.584. The summed E-state index contributed by atoms with van der Waals surface area (Å²) in [4.78, 5) is 4.38. The monoisotopic (exact) mass is 216 g/mol. The molecule has 0 aliphatic rings. The van der Waals surface area contributed by atoms with Gasteiger partial charge in [-0.3, -0.25) is 0 Å². The Kier molecular flexibility index (Phi) is 5.43. The molecule has 4 heteroatoms. The Balaban J connectivity index is 2.06. The summed E-state index contributed by atoms with van der Waals surface area (Å²) in [5.74, 6) is 1.12. The SMILES string of the molecule is CCCNCCSc1nc(C)cs1. The Labute approximate surface area is 88.2 Å². The molecule has 1 aromatic heterocycles. The fourth-order valence-corrected chi connectivity index (χ4v) is 2.73. The lowest BCUT2D eigenvalue weighted by molar-refractivity contribution is 0.707. The summed E-state index contributed by atoms with van der Waals surface area (Å²) in [5, 5.41) is 5.47. The molecule has 0 amide bonds. The van der Waals surface area contributed by atoms with E-state index in [1.165, 1.54) is 10.8 Å². The largest absolute Gasteiger partial charge is 0.316 e. The van der Waals surface area contributed by atoms with Gasteiger partial charge in [0.05, 0.1) is 0 Å². The molecule has 2 nitrogen and oxygen atoms in total. The van der Waals surface area contributed by atoms with Gasteiger partial charge in [0.15, 0.2) is 0 Å². The maximum Gasteiger partial charge on any atom is 0.150 e. The Morgan fingerprint density at radius 2 is 2.38 bits per heavy atom. The van der Waals surface area contributed by atoms with Crippen molar-refractivity contribution in [1.82, 2.24) is 10.3 Å². The standard InChI is InChI=1S/C9H16N2S2/c1-3-4-10-5-6-12-9-11-8(2)7-13-9/h7,10H,3-6H2,1-2H3. The second-order valence-corrected chi connectivity index (χ2v) is 5.05. The fraction of sp³-hybridized carbons (Fsp3) is 0.667. The second kappa shape index (κ2) is 6.40. The molecule has 1 N–H and O–H groups in total. The molecule has 0 bridgehead atoms. The van der Waals surface area contributed by atoms with Gasteiger partial charge in [-0.05, 0) is 19.9 Å². The first-order valence-corrected chi connectivity index (χ1v) is 6.45. The van der Waals surface area contributed by atoms with E-state index < -0.39 is 0 Å². The molecule has 0 atom stereocenters. The average Bonchev–Trinajstić information content (AvgIpc) is 2.51. The maximum absolute atomic E-state index is 4.38. The summed E-state index contributed by atoms with van der Waals surface area (Å²) in [6, 6.07) is 0. The normalized spacial score (nSPS) is 10.6. The lowest BCUT2D eigenvalue weighted by atomic mass is 10.5. The summed E-state index contributed by atoms with van der Waals surface area (Å²) in [7, 11) is 0. The maximum atomic E-state index is 4.38. The Bertz CT molecular complexity index is 235. The first kappa shape index (κ1) is 11.0. The van der Waals surface area contributed by atoms with Crippen molar-refractivity contribution in [2.24, 2.45) is 0 Å². The Morgan fingerprint density at radius 1 is 1.54 bits per heavy atom. The van der Waals surface area contributed by atoms with Gasteiger partial charge < -0.3 is 5.32 Å². The summed E-state index contributed by atoms with van der Waals surface area (Å²) in [6.07, 6.45) is 1.21. The van der Waals surface area contributed by atoms with Crippen LogP contribution in [-0.4, -0.2) is 23.8 Å². The highest BCUT2D eigenvalue weighted by molar-refractivity contribution is 8.01. The van der Waals surface area contributed by atoms with Gasteiger partial charge in [-0.15, -0.1) is 11.3 Å². The van der Waals surface area contributed by atoms with E-state index in [1.807, 2.05) is 18.7 Å². The molecule has 0 radical (unpaired) electrons. The number of thiazole rings is 1. The van der Waals surface area contributed by atoms with Crippen molar-refractivity contribution in [1.29, 1.82) is 0 Å². The van der Waals surface area contributed by atoms with Gasteiger partial charge >= 0.3 is 0 Å². The summed E-state index contributed by atoms with van der Waals surface area (Å²) < 4.78 is 1.19. The number of aryl methyl sites for hydroxylation is 1. The zero-order valence-corrected chi connectivity index (χ0v) is 9.80. The molecule has 0 saturated heterocycles. The van der Waals surface area contributed by atoms with Crippen LogP contribution >= 0.6 is 23.1 Å². The molecule has 0 saturated carbocycles. The third kappa shape index (κ3) is 4.64. The molecule has 13 heavy (non-hydrogen) atoms. The minimum absolute atomic E-state index is 1.08. The van der Waals surface area contributed by atoms with Gasteiger partial charge in [-0.1, -0.05) is 18.7 Å². The van der Waals surface area contributed by atoms with Gasteiger partial charge in [-0.2, -0.15) is 0 Å². The van der Waals surface area contributed by atoms with Crippen molar-refractivity contribution >= 4 is 23.1 Å². The number of rotatable bonds is 6. The van der Waals surface area contributed by atoms with Crippen LogP contribution in [0.25, 0.3) is 0 Å². The number of hydrogen-bond donors (Lipinski definition) is 1.